The van der Waals surface area contributed by atoms with Crippen LogP contribution >= 0.6 is 0 Å². The number of aryl methyl sites for hydroxylation is 2. The average Bonchev–Trinajstić information content (AvgIpc) is 2.89. The Morgan fingerprint density at radius 2 is 2.09 bits per heavy atom. The lowest BCUT2D eigenvalue weighted by Crippen LogP contribution is -2.48. The minimum atomic E-state index is -0.772. The zero-order valence-corrected chi connectivity index (χ0v) is 20.3. The largest absolute Gasteiger partial charge is 0.377 e. The number of rotatable bonds is 4. The van der Waals surface area contributed by atoms with Crippen LogP contribution in [0.3, 0.4) is 0 Å². The molecule has 4 heterocycles. The molecule has 0 bridgehead atoms. The summed E-state index contributed by atoms with van der Waals surface area (Å²) in [5.74, 6) is -0.239. The van der Waals surface area contributed by atoms with Crippen molar-refractivity contribution in [3.8, 4) is 17.2 Å². The quantitative estimate of drug-likeness (QED) is 0.600. The molecular formula is C28H29N5O2. The topological polar surface area (TPSA) is 91.1 Å². The van der Waals surface area contributed by atoms with Crippen LogP contribution in [0.1, 0.15) is 47.6 Å². The minimum Gasteiger partial charge on any atom is -0.377 e. The Labute approximate surface area is 205 Å². The highest BCUT2D eigenvalue weighted by molar-refractivity contribution is 6.04. The van der Waals surface area contributed by atoms with E-state index in [9.17, 15) is 10.1 Å². The van der Waals surface area contributed by atoms with Gasteiger partial charge in [-0.2, -0.15) is 5.26 Å². The Hall–Kier alpha value is -3.76. The predicted molar refractivity (Wildman–Crippen MR) is 136 cm³/mol. The van der Waals surface area contributed by atoms with Gasteiger partial charge in [-0.25, -0.2) is 0 Å². The number of aromatic nitrogens is 2. The monoisotopic (exact) mass is 467 g/mol. The zero-order valence-electron chi connectivity index (χ0n) is 20.3. The zero-order chi connectivity index (χ0) is 24.6. The van der Waals surface area contributed by atoms with Gasteiger partial charge in [0, 0.05) is 35.8 Å². The third kappa shape index (κ3) is 4.50. The maximum absolute atomic E-state index is 13.0. The van der Waals surface area contributed by atoms with Gasteiger partial charge in [-0.05, 0) is 75.1 Å². The summed E-state index contributed by atoms with van der Waals surface area (Å²) in [7, 11) is 0. The highest BCUT2D eigenvalue weighted by Crippen LogP contribution is 2.35. The Morgan fingerprint density at radius 1 is 1.23 bits per heavy atom. The molecule has 5 rings (SSSR count). The van der Waals surface area contributed by atoms with Gasteiger partial charge in [0.1, 0.15) is 0 Å². The van der Waals surface area contributed by atoms with Crippen LogP contribution in [0.5, 0.6) is 0 Å². The van der Waals surface area contributed by atoms with Crippen molar-refractivity contribution >= 4 is 17.3 Å². The van der Waals surface area contributed by atoms with E-state index in [0.717, 1.165) is 55.0 Å². The van der Waals surface area contributed by atoms with Crippen molar-refractivity contribution in [1.82, 2.24) is 9.97 Å². The van der Waals surface area contributed by atoms with Crippen molar-refractivity contribution < 1.29 is 9.53 Å². The summed E-state index contributed by atoms with van der Waals surface area (Å²) < 4.78 is 5.69. The van der Waals surface area contributed by atoms with Gasteiger partial charge in [0.25, 0.3) is 5.91 Å². The second-order valence-electron chi connectivity index (χ2n) is 9.80. The standard InChI is InChI=1S/C28H29N5O2/c1-18-4-5-21(32-27(34)19-8-9-30-26(13-19)28(2,3)17-29)14-23(18)20-12-25-24(31-15-20)7-6-22-16-35-11-10-33(22)25/h4-5,8-9,12-15,22H,6-7,10-11,16H2,1-3H3,(H,32,34). The van der Waals surface area contributed by atoms with Crippen LogP contribution in [0, 0.1) is 18.3 Å². The van der Waals surface area contributed by atoms with Crippen LogP contribution in [-0.4, -0.2) is 41.7 Å². The maximum atomic E-state index is 13.0. The van der Waals surface area contributed by atoms with Gasteiger partial charge < -0.3 is 15.0 Å². The lowest BCUT2D eigenvalue weighted by molar-refractivity contribution is 0.0894. The number of carbonyl (C=O) groups is 1. The summed E-state index contributed by atoms with van der Waals surface area (Å²) in [6, 6.07) is 14.1. The number of hydrogen-bond acceptors (Lipinski definition) is 6. The van der Waals surface area contributed by atoms with Crippen molar-refractivity contribution in [3.63, 3.8) is 0 Å². The first-order chi connectivity index (χ1) is 16.9. The lowest BCUT2D eigenvalue weighted by atomic mass is 9.90. The molecule has 0 radical (unpaired) electrons. The van der Waals surface area contributed by atoms with Crippen molar-refractivity contribution in [2.45, 2.75) is 45.1 Å². The third-order valence-corrected chi connectivity index (χ3v) is 6.95. The smallest absolute Gasteiger partial charge is 0.255 e. The molecule has 178 valence electrons. The molecule has 0 spiro atoms. The van der Waals surface area contributed by atoms with Gasteiger partial charge in [-0.1, -0.05) is 6.07 Å². The van der Waals surface area contributed by atoms with Gasteiger partial charge in [0.15, 0.2) is 0 Å². The van der Waals surface area contributed by atoms with Crippen molar-refractivity contribution in [2.24, 2.45) is 0 Å². The van der Waals surface area contributed by atoms with Crippen LogP contribution in [0.25, 0.3) is 11.1 Å². The molecule has 3 aromatic rings. The summed E-state index contributed by atoms with van der Waals surface area (Å²) in [6.07, 6.45) is 5.54. The van der Waals surface area contributed by atoms with Gasteiger partial charge >= 0.3 is 0 Å². The number of nitriles is 1. The van der Waals surface area contributed by atoms with Crippen molar-refractivity contribution in [2.75, 3.05) is 30.0 Å². The van der Waals surface area contributed by atoms with E-state index in [4.69, 9.17) is 9.72 Å². The van der Waals surface area contributed by atoms with Gasteiger partial charge in [0.2, 0.25) is 0 Å². The Balaban J connectivity index is 1.42. The fourth-order valence-corrected chi connectivity index (χ4v) is 4.77. The Kier molecular flexibility index (Phi) is 6.00. The van der Waals surface area contributed by atoms with E-state index in [-0.39, 0.29) is 5.91 Å². The number of nitrogens with one attached hydrogen (secondary N) is 1. The van der Waals surface area contributed by atoms with E-state index in [1.807, 2.05) is 24.4 Å². The molecule has 1 fully saturated rings. The average molecular weight is 468 g/mol. The van der Waals surface area contributed by atoms with Crippen LogP contribution in [0.15, 0.2) is 48.8 Å². The van der Waals surface area contributed by atoms with Gasteiger partial charge in [-0.15, -0.1) is 0 Å². The second kappa shape index (κ2) is 9.12. The lowest BCUT2D eigenvalue weighted by Gasteiger charge is -2.41. The number of hydrogen-bond donors (Lipinski definition) is 1. The van der Waals surface area contributed by atoms with Crippen molar-refractivity contribution in [1.29, 1.82) is 5.26 Å². The first-order valence-corrected chi connectivity index (χ1v) is 12.0. The normalized spacial score (nSPS) is 17.2. The van der Waals surface area contributed by atoms with Crippen LogP contribution in [0.2, 0.25) is 0 Å². The summed E-state index contributed by atoms with van der Waals surface area (Å²) >= 11 is 0. The molecule has 1 aromatic carbocycles. The molecule has 1 saturated heterocycles. The molecule has 7 nitrogen and oxygen atoms in total. The Morgan fingerprint density at radius 3 is 2.91 bits per heavy atom. The van der Waals surface area contributed by atoms with Crippen LogP contribution in [-0.2, 0) is 16.6 Å². The number of morpholine rings is 1. The molecule has 0 aliphatic carbocycles. The molecule has 35 heavy (non-hydrogen) atoms. The third-order valence-electron chi connectivity index (χ3n) is 6.95. The number of carbonyl (C=O) groups excluding carboxylic acids is 1. The maximum Gasteiger partial charge on any atom is 0.255 e. The number of ether oxygens (including phenoxy) is 1. The molecule has 1 N–H and O–H groups in total. The van der Waals surface area contributed by atoms with E-state index in [0.29, 0.717) is 23.0 Å². The summed E-state index contributed by atoms with van der Waals surface area (Å²) in [5.41, 5.74) is 6.49. The fraction of sp³-hybridized carbons (Fsp3) is 0.357. The van der Waals surface area contributed by atoms with E-state index >= 15 is 0 Å². The SMILES string of the molecule is Cc1ccc(NC(=O)c2ccnc(C(C)(C)C#N)c2)cc1-c1cnc2c(c1)N1CCOCC1CC2. The molecule has 1 unspecified atom stereocenters. The van der Waals surface area contributed by atoms with Crippen molar-refractivity contribution in [3.05, 3.63) is 71.3 Å². The molecule has 0 saturated carbocycles. The number of fused-ring (bicyclic) bond motifs is 3. The minimum absolute atomic E-state index is 0.239. The molecule has 2 aliphatic heterocycles. The van der Waals surface area contributed by atoms with E-state index in [1.165, 1.54) is 5.69 Å². The molecular weight excluding hydrogens is 438 g/mol. The molecule has 2 aromatic heterocycles. The van der Waals surface area contributed by atoms with Crippen LogP contribution < -0.4 is 10.2 Å². The first-order valence-electron chi connectivity index (χ1n) is 12.0. The fourth-order valence-electron chi connectivity index (χ4n) is 4.77. The first kappa shape index (κ1) is 23.0. The number of pyridine rings is 2. The van der Waals surface area contributed by atoms with Crippen LogP contribution in [0.4, 0.5) is 11.4 Å². The number of amides is 1. The van der Waals surface area contributed by atoms with E-state index < -0.39 is 5.41 Å². The highest BCUT2D eigenvalue weighted by Gasteiger charge is 2.30. The van der Waals surface area contributed by atoms with Gasteiger partial charge in [0.05, 0.1) is 47.8 Å². The summed E-state index contributed by atoms with van der Waals surface area (Å²) in [5, 5.41) is 12.4. The number of anilines is 2. The predicted octanol–water partition coefficient (Wildman–Crippen LogP) is 4.66. The molecule has 7 heteroatoms. The number of benzene rings is 1. The second-order valence-corrected chi connectivity index (χ2v) is 9.80. The highest BCUT2D eigenvalue weighted by atomic mass is 16.5. The van der Waals surface area contributed by atoms with E-state index in [1.54, 1.807) is 32.2 Å². The molecule has 1 amide bonds. The van der Waals surface area contributed by atoms with E-state index in [2.05, 4.69) is 34.3 Å². The Bertz CT molecular complexity index is 1330. The summed E-state index contributed by atoms with van der Waals surface area (Å²) in [6.45, 7) is 8.03. The summed E-state index contributed by atoms with van der Waals surface area (Å²) in [4.78, 5) is 24.5. The van der Waals surface area contributed by atoms with Gasteiger partial charge in [-0.3, -0.25) is 14.8 Å². The molecule has 2 aliphatic rings. The molecule has 1 atom stereocenters. The number of nitrogens with zero attached hydrogens (tertiary/aromatic N) is 4.